The second-order valence-corrected chi connectivity index (χ2v) is 3.41. The maximum atomic E-state index is 11.1. The van der Waals surface area contributed by atoms with Crippen molar-refractivity contribution in [2.75, 3.05) is 20.3 Å². The summed E-state index contributed by atoms with van der Waals surface area (Å²) >= 11 is 0. The van der Waals surface area contributed by atoms with Gasteiger partial charge in [0.25, 0.3) is 0 Å². The molecule has 2 fully saturated rings. The average Bonchev–Trinajstić information content (AvgIpc) is 2.56. The van der Waals surface area contributed by atoms with Gasteiger partial charge < -0.3 is 15.2 Å². The first kappa shape index (κ1) is 7.06. The van der Waals surface area contributed by atoms with Crippen LogP contribution in [0.1, 0.15) is 6.42 Å². The molecule has 2 rings (SSSR count). The fourth-order valence-corrected chi connectivity index (χ4v) is 1.67. The molecule has 0 amide bonds. The van der Waals surface area contributed by atoms with Crippen LogP contribution < -0.4 is 5.73 Å². The molecule has 1 saturated carbocycles. The van der Waals surface area contributed by atoms with Crippen molar-refractivity contribution in [1.82, 2.24) is 0 Å². The Morgan fingerprint density at radius 3 is 2.55 bits per heavy atom. The van der Waals surface area contributed by atoms with E-state index in [2.05, 4.69) is 4.74 Å². The third-order valence-electron chi connectivity index (χ3n) is 2.74. The zero-order valence-electron chi connectivity index (χ0n) is 6.42. The number of rotatable bonds is 1. The van der Waals surface area contributed by atoms with E-state index in [0.29, 0.717) is 19.6 Å². The lowest BCUT2D eigenvalue weighted by atomic mass is 9.98. The summed E-state index contributed by atoms with van der Waals surface area (Å²) in [4.78, 5) is 11.1. The SMILES string of the molecule is COC(=O)C1(N)CC12COC2. The zero-order chi connectivity index (χ0) is 8.11. The quantitative estimate of drug-likeness (QED) is 0.510. The number of ether oxygens (including phenoxy) is 2. The molecule has 1 atom stereocenters. The zero-order valence-corrected chi connectivity index (χ0v) is 6.42. The molecule has 2 aliphatic rings. The van der Waals surface area contributed by atoms with Gasteiger partial charge in [-0.05, 0) is 6.42 Å². The van der Waals surface area contributed by atoms with Crippen LogP contribution in [0, 0.1) is 5.41 Å². The van der Waals surface area contributed by atoms with Crippen LogP contribution in [0.3, 0.4) is 0 Å². The molecule has 4 heteroatoms. The molecule has 0 aromatic carbocycles. The third-order valence-corrected chi connectivity index (χ3v) is 2.74. The number of hydrogen-bond acceptors (Lipinski definition) is 4. The Hall–Kier alpha value is -0.610. The first-order valence-electron chi connectivity index (χ1n) is 3.60. The standard InChI is InChI=1S/C7H11NO3/c1-10-5(9)7(8)2-6(7)3-11-4-6/h2-4,8H2,1H3. The van der Waals surface area contributed by atoms with E-state index in [-0.39, 0.29) is 11.4 Å². The Morgan fingerprint density at radius 1 is 1.64 bits per heavy atom. The highest BCUT2D eigenvalue weighted by Crippen LogP contribution is 2.59. The minimum Gasteiger partial charge on any atom is -0.468 e. The van der Waals surface area contributed by atoms with Crippen LogP contribution >= 0.6 is 0 Å². The van der Waals surface area contributed by atoms with E-state index in [1.165, 1.54) is 7.11 Å². The van der Waals surface area contributed by atoms with Crippen LogP contribution in [0.25, 0.3) is 0 Å². The Labute approximate surface area is 64.6 Å². The van der Waals surface area contributed by atoms with E-state index in [1.807, 2.05) is 0 Å². The van der Waals surface area contributed by atoms with Crippen LogP contribution in [0.5, 0.6) is 0 Å². The summed E-state index contributed by atoms with van der Waals surface area (Å²) in [7, 11) is 1.36. The van der Waals surface area contributed by atoms with Crippen LogP contribution in [-0.2, 0) is 14.3 Å². The number of carbonyl (C=O) groups excluding carboxylic acids is 1. The highest BCUT2D eigenvalue weighted by molar-refractivity contribution is 5.86. The lowest BCUT2D eigenvalue weighted by Gasteiger charge is -2.29. The molecule has 1 unspecified atom stereocenters. The lowest BCUT2D eigenvalue weighted by Crippen LogP contribution is -2.48. The topological polar surface area (TPSA) is 61.5 Å². The fourth-order valence-electron chi connectivity index (χ4n) is 1.67. The van der Waals surface area contributed by atoms with E-state index in [9.17, 15) is 4.79 Å². The molecular formula is C7H11NO3. The summed E-state index contributed by atoms with van der Waals surface area (Å²) in [5, 5.41) is 0. The van der Waals surface area contributed by atoms with Crippen molar-refractivity contribution in [2.45, 2.75) is 12.0 Å². The van der Waals surface area contributed by atoms with Crippen molar-refractivity contribution >= 4 is 5.97 Å². The largest absolute Gasteiger partial charge is 0.468 e. The molecule has 1 aliphatic carbocycles. The highest BCUT2D eigenvalue weighted by atomic mass is 16.5. The second-order valence-electron chi connectivity index (χ2n) is 3.41. The lowest BCUT2D eigenvalue weighted by molar-refractivity contribution is -0.149. The van der Waals surface area contributed by atoms with Gasteiger partial charge in [-0.25, -0.2) is 0 Å². The maximum Gasteiger partial charge on any atom is 0.326 e. The number of esters is 1. The summed E-state index contributed by atoms with van der Waals surface area (Å²) in [5.41, 5.74) is 4.98. The predicted molar refractivity (Wildman–Crippen MR) is 36.8 cm³/mol. The number of methoxy groups -OCH3 is 1. The van der Waals surface area contributed by atoms with Gasteiger partial charge in [-0.2, -0.15) is 0 Å². The van der Waals surface area contributed by atoms with Crippen molar-refractivity contribution in [1.29, 1.82) is 0 Å². The van der Waals surface area contributed by atoms with E-state index in [1.54, 1.807) is 0 Å². The molecule has 1 saturated heterocycles. The normalized spacial score (nSPS) is 38.0. The summed E-state index contributed by atoms with van der Waals surface area (Å²) in [6.07, 6.45) is 0.715. The number of hydrogen-bond donors (Lipinski definition) is 1. The minimum atomic E-state index is -0.736. The first-order chi connectivity index (χ1) is 5.15. The van der Waals surface area contributed by atoms with Gasteiger partial charge in [-0.1, -0.05) is 0 Å². The van der Waals surface area contributed by atoms with Crippen molar-refractivity contribution in [3.63, 3.8) is 0 Å². The van der Waals surface area contributed by atoms with Gasteiger partial charge in [0.05, 0.1) is 20.3 Å². The van der Waals surface area contributed by atoms with E-state index >= 15 is 0 Å². The van der Waals surface area contributed by atoms with E-state index in [4.69, 9.17) is 10.5 Å². The van der Waals surface area contributed by atoms with Gasteiger partial charge in [0.2, 0.25) is 0 Å². The Kier molecular flexibility index (Phi) is 1.13. The van der Waals surface area contributed by atoms with Crippen LogP contribution in [0.4, 0.5) is 0 Å². The molecule has 0 aromatic rings. The summed E-state index contributed by atoms with van der Waals surface area (Å²) in [5.74, 6) is -0.305. The predicted octanol–water partition coefficient (Wildman–Crippen LogP) is -0.723. The molecule has 62 valence electrons. The highest BCUT2D eigenvalue weighted by Gasteiger charge is 2.74. The Balaban J connectivity index is 2.10. The molecule has 0 aromatic heterocycles. The van der Waals surface area contributed by atoms with Gasteiger partial charge >= 0.3 is 5.97 Å². The maximum absolute atomic E-state index is 11.1. The summed E-state index contributed by atoms with van der Waals surface area (Å²) < 4.78 is 9.59. The molecule has 4 nitrogen and oxygen atoms in total. The van der Waals surface area contributed by atoms with E-state index < -0.39 is 5.54 Å². The molecular weight excluding hydrogens is 146 g/mol. The molecule has 0 radical (unpaired) electrons. The van der Waals surface area contributed by atoms with Gasteiger partial charge in [-0.3, -0.25) is 4.79 Å². The fraction of sp³-hybridized carbons (Fsp3) is 0.857. The Bertz CT molecular complexity index is 212. The van der Waals surface area contributed by atoms with Gasteiger partial charge in [0.15, 0.2) is 0 Å². The monoisotopic (exact) mass is 157 g/mol. The van der Waals surface area contributed by atoms with Crippen molar-refractivity contribution < 1.29 is 14.3 Å². The van der Waals surface area contributed by atoms with Crippen LogP contribution in [-0.4, -0.2) is 31.8 Å². The third kappa shape index (κ3) is 0.636. The molecule has 11 heavy (non-hydrogen) atoms. The second kappa shape index (κ2) is 1.76. The van der Waals surface area contributed by atoms with Gasteiger partial charge in [0, 0.05) is 5.41 Å². The molecule has 2 N–H and O–H groups in total. The first-order valence-corrected chi connectivity index (χ1v) is 3.60. The van der Waals surface area contributed by atoms with Crippen molar-refractivity contribution in [2.24, 2.45) is 11.1 Å². The van der Waals surface area contributed by atoms with Crippen LogP contribution in [0.2, 0.25) is 0 Å². The van der Waals surface area contributed by atoms with Crippen LogP contribution in [0.15, 0.2) is 0 Å². The van der Waals surface area contributed by atoms with Gasteiger partial charge in [-0.15, -0.1) is 0 Å². The average molecular weight is 157 g/mol. The smallest absolute Gasteiger partial charge is 0.326 e. The molecule has 1 aliphatic heterocycles. The number of nitrogens with two attached hydrogens (primary N) is 1. The Morgan fingerprint density at radius 2 is 2.27 bits per heavy atom. The summed E-state index contributed by atoms with van der Waals surface area (Å²) in [6, 6.07) is 0. The molecule has 1 heterocycles. The molecule has 1 spiro atoms. The minimum absolute atomic E-state index is 0.0694. The van der Waals surface area contributed by atoms with Crippen molar-refractivity contribution in [3.05, 3.63) is 0 Å². The van der Waals surface area contributed by atoms with Gasteiger partial charge in [0.1, 0.15) is 5.54 Å². The van der Waals surface area contributed by atoms with Crippen molar-refractivity contribution in [3.8, 4) is 0 Å². The summed E-state index contributed by atoms with van der Waals surface area (Å²) in [6.45, 7) is 1.22. The molecule has 0 bridgehead atoms. The number of carbonyl (C=O) groups is 1. The van der Waals surface area contributed by atoms with E-state index in [0.717, 1.165) is 0 Å².